The first-order valence-corrected chi connectivity index (χ1v) is 9.92. The van der Waals surface area contributed by atoms with Gasteiger partial charge in [-0.25, -0.2) is 0 Å². The maximum Gasteiger partial charge on any atom is 0.223 e. The second kappa shape index (κ2) is 9.78. The number of nitrogens with zero attached hydrogens (tertiary/aromatic N) is 1. The molecule has 6 nitrogen and oxygen atoms in total. The van der Waals surface area contributed by atoms with Gasteiger partial charge in [-0.1, -0.05) is 13.8 Å². The fourth-order valence-electron chi connectivity index (χ4n) is 4.11. The fourth-order valence-corrected chi connectivity index (χ4v) is 4.11. The van der Waals surface area contributed by atoms with Gasteiger partial charge in [0, 0.05) is 43.9 Å². The van der Waals surface area contributed by atoms with Crippen molar-refractivity contribution in [3.05, 3.63) is 0 Å². The summed E-state index contributed by atoms with van der Waals surface area (Å²) in [4.78, 5) is 38.1. The van der Waals surface area contributed by atoms with E-state index in [1.54, 1.807) is 0 Å². The van der Waals surface area contributed by atoms with E-state index in [2.05, 4.69) is 10.6 Å². The lowest BCUT2D eigenvalue weighted by molar-refractivity contribution is -0.136. The van der Waals surface area contributed by atoms with Crippen molar-refractivity contribution in [3.63, 3.8) is 0 Å². The number of nitrogens with one attached hydrogen (secondary N) is 2. The summed E-state index contributed by atoms with van der Waals surface area (Å²) in [6.45, 7) is 4.73. The summed E-state index contributed by atoms with van der Waals surface area (Å²) in [5.41, 5.74) is 0. The monoisotopic (exact) mass is 351 g/mol. The first-order valence-electron chi connectivity index (χ1n) is 9.92. The molecule has 0 aromatic heterocycles. The standard InChI is InChI=1S/C19H33N3O3/c1-3-6-18(24)21-14-12-15-9-10-16(13-14)22(15)19(25)8-5-7-17(23)20-11-4-2/h14-16H,3-13H2,1-2H3,(H,20,23)(H,21,24). The first-order chi connectivity index (χ1) is 12.0. The number of hydrogen-bond donors (Lipinski definition) is 2. The molecule has 2 rings (SSSR count). The van der Waals surface area contributed by atoms with E-state index < -0.39 is 0 Å². The lowest BCUT2D eigenvalue weighted by atomic mass is 9.96. The largest absolute Gasteiger partial charge is 0.356 e. The van der Waals surface area contributed by atoms with Gasteiger partial charge in [-0.15, -0.1) is 0 Å². The highest BCUT2D eigenvalue weighted by atomic mass is 16.2. The molecule has 0 aromatic rings. The molecular weight excluding hydrogens is 318 g/mol. The smallest absolute Gasteiger partial charge is 0.223 e. The Kier molecular flexibility index (Phi) is 7.72. The molecule has 0 spiro atoms. The van der Waals surface area contributed by atoms with E-state index in [0.29, 0.717) is 32.2 Å². The molecule has 0 aromatic carbocycles. The Balaban J connectivity index is 1.75. The second-order valence-electron chi connectivity index (χ2n) is 7.38. The molecule has 3 amide bonds. The van der Waals surface area contributed by atoms with Crippen molar-refractivity contribution >= 4 is 17.7 Å². The van der Waals surface area contributed by atoms with Gasteiger partial charge in [-0.05, 0) is 44.9 Å². The topological polar surface area (TPSA) is 78.5 Å². The van der Waals surface area contributed by atoms with Gasteiger partial charge >= 0.3 is 0 Å². The molecule has 2 aliphatic heterocycles. The van der Waals surface area contributed by atoms with Gasteiger partial charge in [0.2, 0.25) is 17.7 Å². The minimum Gasteiger partial charge on any atom is -0.356 e. The summed E-state index contributed by atoms with van der Waals surface area (Å²) in [6.07, 6.45) is 7.66. The highest BCUT2D eigenvalue weighted by Gasteiger charge is 2.43. The molecule has 0 aliphatic carbocycles. The van der Waals surface area contributed by atoms with E-state index >= 15 is 0 Å². The summed E-state index contributed by atoms with van der Waals surface area (Å²) in [5.74, 6) is 0.342. The van der Waals surface area contributed by atoms with Crippen molar-refractivity contribution in [2.45, 2.75) is 96.2 Å². The van der Waals surface area contributed by atoms with Crippen LogP contribution in [0.5, 0.6) is 0 Å². The number of carbonyl (C=O) groups is 3. The average molecular weight is 351 g/mol. The van der Waals surface area contributed by atoms with E-state index in [-0.39, 0.29) is 35.8 Å². The van der Waals surface area contributed by atoms with Crippen molar-refractivity contribution in [1.29, 1.82) is 0 Å². The number of amides is 3. The molecule has 2 unspecified atom stereocenters. The van der Waals surface area contributed by atoms with E-state index in [1.807, 2.05) is 18.7 Å². The SMILES string of the molecule is CCCNC(=O)CCCC(=O)N1C2CCC1CC(NC(=O)CCC)C2. The number of piperidine rings is 1. The van der Waals surface area contributed by atoms with Crippen LogP contribution in [-0.2, 0) is 14.4 Å². The van der Waals surface area contributed by atoms with E-state index in [4.69, 9.17) is 0 Å². The van der Waals surface area contributed by atoms with Crippen LogP contribution in [0.25, 0.3) is 0 Å². The molecule has 2 bridgehead atoms. The molecule has 0 radical (unpaired) electrons. The Bertz CT molecular complexity index is 467. The summed E-state index contributed by atoms with van der Waals surface area (Å²) < 4.78 is 0. The van der Waals surface area contributed by atoms with Crippen molar-refractivity contribution in [2.75, 3.05) is 6.54 Å². The average Bonchev–Trinajstić information content (AvgIpc) is 2.84. The second-order valence-corrected chi connectivity index (χ2v) is 7.38. The van der Waals surface area contributed by atoms with Crippen LogP contribution >= 0.6 is 0 Å². The van der Waals surface area contributed by atoms with Crippen LogP contribution in [0.2, 0.25) is 0 Å². The third kappa shape index (κ3) is 5.72. The van der Waals surface area contributed by atoms with E-state index in [0.717, 1.165) is 38.5 Å². The molecule has 25 heavy (non-hydrogen) atoms. The number of rotatable bonds is 9. The van der Waals surface area contributed by atoms with Gasteiger partial charge in [0.25, 0.3) is 0 Å². The van der Waals surface area contributed by atoms with Crippen molar-refractivity contribution in [3.8, 4) is 0 Å². The minimum atomic E-state index is 0.0370. The van der Waals surface area contributed by atoms with E-state index in [1.165, 1.54) is 0 Å². The minimum absolute atomic E-state index is 0.0370. The van der Waals surface area contributed by atoms with Gasteiger partial charge in [-0.2, -0.15) is 0 Å². The molecular formula is C19H33N3O3. The molecule has 2 heterocycles. The van der Waals surface area contributed by atoms with Gasteiger partial charge in [0.05, 0.1) is 0 Å². The normalized spacial score (nSPS) is 24.9. The van der Waals surface area contributed by atoms with Crippen LogP contribution in [0.15, 0.2) is 0 Å². The van der Waals surface area contributed by atoms with Gasteiger partial charge in [-0.3, -0.25) is 14.4 Å². The quantitative estimate of drug-likeness (QED) is 0.668. The molecule has 142 valence electrons. The molecule has 2 N–H and O–H groups in total. The number of carbonyl (C=O) groups excluding carboxylic acids is 3. The predicted octanol–water partition coefficient (Wildman–Crippen LogP) is 2.12. The van der Waals surface area contributed by atoms with Crippen molar-refractivity contribution < 1.29 is 14.4 Å². The van der Waals surface area contributed by atoms with Crippen LogP contribution in [0.4, 0.5) is 0 Å². The van der Waals surface area contributed by atoms with Gasteiger partial charge in [0.1, 0.15) is 0 Å². The maximum atomic E-state index is 12.6. The predicted molar refractivity (Wildman–Crippen MR) is 96.9 cm³/mol. The fraction of sp³-hybridized carbons (Fsp3) is 0.842. The van der Waals surface area contributed by atoms with Crippen LogP contribution in [0.1, 0.15) is 78.1 Å². The zero-order valence-corrected chi connectivity index (χ0v) is 15.7. The highest BCUT2D eigenvalue weighted by Crippen LogP contribution is 2.36. The third-order valence-electron chi connectivity index (χ3n) is 5.23. The maximum absolute atomic E-state index is 12.6. The Morgan fingerprint density at radius 3 is 2.20 bits per heavy atom. The Morgan fingerprint density at radius 1 is 0.920 bits per heavy atom. The van der Waals surface area contributed by atoms with E-state index in [9.17, 15) is 14.4 Å². The molecule has 2 aliphatic rings. The summed E-state index contributed by atoms with van der Waals surface area (Å²) in [6, 6.07) is 0.722. The van der Waals surface area contributed by atoms with Crippen LogP contribution in [0.3, 0.4) is 0 Å². The molecule has 2 atom stereocenters. The molecule has 6 heteroatoms. The lowest BCUT2D eigenvalue weighted by Crippen LogP contribution is -2.52. The van der Waals surface area contributed by atoms with Crippen molar-refractivity contribution in [2.24, 2.45) is 0 Å². The number of hydrogen-bond acceptors (Lipinski definition) is 3. The van der Waals surface area contributed by atoms with Gasteiger partial charge in [0.15, 0.2) is 0 Å². The Morgan fingerprint density at radius 2 is 1.60 bits per heavy atom. The molecule has 2 saturated heterocycles. The summed E-state index contributed by atoms with van der Waals surface area (Å²) >= 11 is 0. The third-order valence-corrected chi connectivity index (χ3v) is 5.23. The summed E-state index contributed by atoms with van der Waals surface area (Å²) in [5, 5.41) is 5.97. The molecule has 0 saturated carbocycles. The highest BCUT2D eigenvalue weighted by molar-refractivity contribution is 5.80. The van der Waals surface area contributed by atoms with Crippen LogP contribution in [0, 0.1) is 0 Å². The first kappa shape index (κ1) is 19.7. The van der Waals surface area contributed by atoms with Gasteiger partial charge < -0.3 is 15.5 Å². The summed E-state index contributed by atoms with van der Waals surface area (Å²) in [7, 11) is 0. The number of fused-ring (bicyclic) bond motifs is 2. The lowest BCUT2D eigenvalue weighted by Gasteiger charge is -2.39. The zero-order chi connectivity index (χ0) is 18.2. The van der Waals surface area contributed by atoms with Crippen LogP contribution in [-0.4, -0.2) is 47.3 Å². The Labute approximate surface area is 151 Å². The molecule has 2 fully saturated rings. The van der Waals surface area contributed by atoms with Crippen molar-refractivity contribution in [1.82, 2.24) is 15.5 Å². The van der Waals surface area contributed by atoms with Crippen LogP contribution < -0.4 is 10.6 Å². The Hall–Kier alpha value is -1.59. The zero-order valence-electron chi connectivity index (χ0n) is 15.7.